The van der Waals surface area contributed by atoms with Gasteiger partial charge in [0.05, 0.1) is 17.8 Å². The van der Waals surface area contributed by atoms with Crippen LogP contribution in [0, 0.1) is 6.92 Å². The zero-order valence-corrected chi connectivity index (χ0v) is 19.7. The Hall–Kier alpha value is -3.23. The number of hydrogen-bond acceptors (Lipinski definition) is 5. The van der Waals surface area contributed by atoms with E-state index in [1.807, 2.05) is 37.3 Å². The quantitative estimate of drug-likeness (QED) is 0.527. The highest BCUT2D eigenvalue weighted by Crippen LogP contribution is 2.37. The minimum Gasteiger partial charge on any atom is -0.505 e. The fraction of sp³-hybridized carbons (Fsp3) is 0.208. The van der Waals surface area contributed by atoms with Gasteiger partial charge in [0.2, 0.25) is 0 Å². The highest BCUT2D eigenvalue weighted by atomic mass is 35.5. The van der Waals surface area contributed by atoms with E-state index in [-0.39, 0.29) is 22.2 Å². The number of aromatic hydroxyl groups is 1. The summed E-state index contributed by atoms with van der Waals surface area (Å²) < 4.78 is 34.3. The summed E-state index contributed by atoms with van der Waals surface area (Å²) in [6.45, 7) is 3.17. The maximum Gasteiger partial charge on any atom is 0.265 e. The van der Waals surface area contributed by atoms with E-state index >= 15 is 0 Å². The summed E-state index contributed by atoms with van der Waals surface area (Å²) in [6, 6.07) is 15.3. The molecule has 0 spiro atoms. The Kier molecular flexibility index (Phi) is 6.23. The smallest absolute Gasteiger partial charge is 0.265 e. The van der Waals surface area contributed by atoms with Gasteiger partial charge in [-0.25, -0.2) is 8.42 Å². The number of anilines is 1. The van der Waals surface area contributed by atoms with Gasteiger partial charge in [0.1, 0.15) is 10.6 Å². The van der Waals surface area contributed by atoms with Crippen molar-refractivity contribution in [1.82, 2.24) is 4.90 Å². The molecule has 0 atom stereocenters. The van der Waals surface area contributed by atoms with Crippen LogP contribution in [0.4, 0.5) is 5.69 Å². The molecule has 2 N–H and O–H groups in total. The Balaban J connectivity index is 1.73. The molecule has 1 aliphatic rings. The molecule has 0 saturated carbocycles. The van der Waals surface area contributed by atoms with Crippen LogP contribution in [0.15, 0.2) is 59.5 Å². The first-order chi connectivity index (χ1) is 15.7. The number of halogens is 1. The minimum absolute atomic E-state index is 0.0957. The van der Waals surface area contributed by atoms with Crippen molar-refractivity contribution < 1.29 is 23.1 Å². The molecule has 9 heteroatoms. The monoisotopic (exact) mass is 486 g/mol. The van der Waals surface area contributed by atoms with E-state index in [9.17, 15) is 18.3 Å². The van der Waals surface area contributed by atoms with Crippen molar-refractivity contribution in [2.24, 2.45) is 0 Å². The molecule has 1 amide bonds. The zero-order chi connectivity index (χ0) is 23.8. The van der Waals surface area contributed by atoms with Crippen LogP contribution in [-0.4, -0.2) is 44.5 Å². The SMILES string of the molecule is COc1ccc(-c2cccc(C)c2)cc1NS(=O)(=O)c1cc(C(=O)N2CCC2)cc(Cl)c1O. The Bertz CT molecular complexity index is 1340. The first-order valence-electron chi connectivity index (χ1n) is 10.3. The van der Waals surface area contributed by atoms with Crippen molar-refractivity contribution in [3.05, 3.63) is 70.7 Å². The van der Waals surface area contributed by atoms with Crippen LogP contribution >= 0.6 is 11.6 Å². The summed E-state index contributed by atoms with van der Waals surface area (Å²) >= 11 is 6.08. The maximum atomic E-state index is 13.3. The van der Waals surface area contributed by atoms with Gasteiger partial charge in [-0.1, -0.05) is 47.5 Å². The van der Waals surface area contributed by atoms with E-state index in [0.29, 0.717) is 18.8 Å². The Morgan fingerprint density at radius 1 is 1.09 bits per heavy atom. The molecule has 1 saturated heterocycles. The lowest BCUT2D eigenvalue weighted by molar-refractivity contribution is 0.0651. The number of benzene rings is 3. The first kappa shape index (κ1) is 22.9. The summed E-state index contributed by atoms with van der Waals surface area (Å²) in [4.78, 5) is 13.7. The number of methoxy groups -OCH3 is 1. The van der Waals surface area contributed by atoms with Gasteiger partial charge < -0.3 is 14.7 Å². The average Bonchev–Trinajstić information content (AvgIpc) is 2.73. The van der Waals surface area contributed by atoms with Crippen LogP contribution in [0.3, 0.4) is 0 Å². The van der Waals surface area contributed by atoms with Crippen LogP contribution in [0.2, 0.25) is 5.02 Å². The van der Waals surface area contributed by atoms with Gasteiger partial charge in [-0.2, -0.15) is 0 Å². The Morgan fingerprint density at radius 2 is 1.82 bits per heavy atom. The molecule has 0 aliphatic carbocycles. The largest absolute Gasteiger partial charge is 0.505 e. The summed E-state index contributed by atoms with van der Waals surface area (Å²) in [5.41, 5.74) is 3.03. The van der Waals surface area contributed by atoms with E-state index in [2.05, 4.69) is 4.72 Å². The normalized spacial score (nSPS) is 13.4. The number of aryl methyl sites for hydroxylation is 1. The van der Waals surface area contributed by atoms with Gasteiger partial charge in [0.25, 0.3) is 15.9 Å². The van der Waals surface area contributed by atoms with Gasteiger partial charge in [0.15, 0.2) is 5.75 Å². The molecule has 0 aromatic heterocycles. The number of nitrogens with one attached hydrogen (secondary N) is 1. The molecule has 1 fully saturated rings. The Morgan fingerprint density at radius 3 is 2.45 bits per heavy atom. The van der Waals surface area contributed by atoms with Gasteiger partial charge >= 0.3 is 0 Å². The van der Waals surface area contributed by atoms with Gasteiger partial charge in [0, 0.05) is 18.7 Å². The topological polar surface area (TPSA) is 95.9 Å². The number of carbonyl (C=O) groups is 1. The van der Waals surface area contributed by atoms with E-state index in [1.54, 1.807) is 17.0 Å². The highest BCUT2D eigenvalue weighted by molar-refractivity contribution is 7.92. The number of ether oxygens (including phenoxy) is 1. The van der Waals surface area contributed by atoms with Gasteiger partial charge in [-0.3, -0.25) is 9.52 Å². The molecule has 4 rings (SSSR count). The van der Waals surface area contributed by atoms with Crippen LogP contribution in [0.1, 0.15) is 22.3 Å². The Labute approximate surface area is 197 Å². The van der Waals surface area contributed by atoms with Crippen molar-refractivity contribution in [1.29, 1.82) is 0 Å². The van der Waals surface area contributed by atoms with E-state index in [4.69, 9.17) is 16.3 Å². The molecule has 3 aromatic carbocycles. The third-order valence-corrected chi connectivity index (χ3v) is 7.17. The third kappa shape index (κ3) is 4.62. The number of likely N-dealkylation sites (tertiary alicyclic amines) is 1. The summed E-state index contributed by atoms with van der Waals surface area (Å²) in [5.74, 6) is -0.662. The molecule has 0 unspecified atom stereocenters. The molecular weight excluding hydrogens is 464 g/mol. The second kappa shape index (κ2) is 8.96. The van der Waals surface area contributed by atoms with Crippen LogP contribution in [-0.2, 0) is 10.0 Å². The molecule has 1 aliphatic heterocycles. The first-order valence-corrected chi connectivity index (χ1v) is 12.2. The van der Waals surface area contributed by atoms with Crippen LogP contribution in [0.5, 0.6) is 11.5 Å². The predicted molar refractivity (Wildman–Crippen MR) is 128 cm³/mol. The second-order valence-electron chi connectivity index (χ2n) is 7.84. The number of sulfonamides is 1. The van der Waals surface area contributed by atoms with Crippen LogP contribution < -0.4 is 9.46 Å². The maximum absolute atomic E-state index is 13.3. The molecule has 7 nitrogen and oxygen atoms in total. The van der Waals surface area contributed by atoms with Crippen molar-refractivity contribution in [3.8, 4) is 22.6 Å². The molecule has 33 heavy (non-hydrogen) atoms. The zero-order valence-electron chi connectivity index (χ0n) is 18.1. The van der Waals surface area contributed by atoms with Gasteiger partial charge in [-0.05, 0) is 48.7 Å². The highest BCUT2D eigenvalue weighted by Gasteiger charge is 2.28. The average molecular weight is 487 g/mol. The molecular formula is C24H23ClN2O5S. The second-order valence-corrected chi connectivity index (χ2v) is 9.90. The number of amides is 1. The number of hydrogen-bond donors (Lipinski definition) is 2. The lowest BCUT2D eigenvalue weighted by Gasteiger charge is -2.31. The van der Waals surface area contributed by atoms with Crippen molar-refractivity contribution in [2.75, 3.05) is 24.9 Å². The number of rotatable bonds is 6. The number of phenolic OH excluding ortho intramolecular Hbond substituents is 1. The number of phenols is 1. The lowest BCUT2D eigenvalue weighted by atomic mass is 10.0. The van der Waals surface area contributed by atoms with Crippen molar-refractivity contribution in [2.45, 2.75) is 18.2 Å². The molecule has 3 aromatic rings. The third-order valence-electron chi connectivity index (χ3n) is 5.50. The summed E-state index contributed by atoms with van der Waals surface area (Å²) in [7, 11) is -2.88. The fourth-order valence-corrected chi connectivity index (χ4v) is 5.08. The summed E-state index contributed by atoms with van der Waals surface area (Å²) in [5, 5.41) is 10.2. The fourth-order valence-electron chi connectivity index (χ4n) is 3.60. The standard InChI is InChI=1S/C24H23ClN2O5S/c1-15-5-3-6-16(11-15)17-7-8-21(32-2)20(13-17)26-33(30,31)22-14-18(12-19(25)23(22)28)24(29)27-9-4-10-27/h3,5-8,11-14,26,28H,4,9-10H2,1-2H3. The number of carbonyl (C=O) groups excluding carboxylic acids is 1. The minimum atomic E-state index is -4.31. The molecule has 172 valence electrons. The lowest BCUT2D eigenvalue weighted by Crippen LogP contribution is -2.42. The van der Waals surface area contributed by atoms with E-state index in [0.717, 1.165) is 29.2 Å². The van der Waals surface area contributed by atoms with E-state index < -0.39 is 20.7 Å². The molecule has 0 bridgehead atoms. The summed E-state index contributed by atoms with van der Waals surface area (Å²) in [6.07, 6.45) is 0.890. The molecule has 0 radical (unpaired) electrons. The van der Waals surface area contributed by atoms with Gasteiger partial charge in [-0.15, -0.1) is 0 Å². The predicted octanol–water partition coefficient (Wildman–Crippen LogP) is 4.68. The van der Waals surface area contributed by atoms with Crippen molar-refractivity contribution in [3.63, 3.8) is 0 Å². The van der Waals surface area contributed by atoms with Crippen molar-refractivity contribution >= 4 is 33.2 Å². The molecule has 1 heterocycles. The van der Waals surface area contributed by atoms with E-state index in [1.165, 1.54) is 13.2 Å². The number of nitrogens with zero attached hydrogens (tertiary/aromatic N) is 1. The van der Waals surface area contributed by atoms with Crippen LogP contribution in [0.25, 0.3) is 11.1 Å².